The fraction of sp³-hybridized carbons (Fsp3) is 0.273. The summed E-state index contributed by atoms with van der Waals surface area (Å²) in [5, 5.41) is 0. The second-order valence-electron chi connectivity index (χ2n) is 6.24. The molecule has 5 nitrogen and oxygen atoms in total. The van der Waals surface area contributed by atoms with Gasteiger partial charge in [-0.3, -0.25) is 4.79 Å². The minimum absolute atomic E-state index is 0.248. The van der Waals surface area contributed by atoms with Crippen molar-refractivity contribution in [2.24, 2.45) is 0 Å². The van der Waals surface area contributed by atoms with E-state index < -0.39 is 0 Å². The van der Waals surface area contributed by atoms with Gasteiger partial charge in [-0.2, -0.15) is 0 Å². The Morgan fingerprint density at radius 1 is 1.11 bits per heavy atom. The summed E-state index contributed by atoms with van der Waals surface area (Å²) in [6, 6.07) is 15.3. The van der Waals surface area contributed by atoms with E-state index in [9.17, 15) is 4.79 Å². The number of nitrogens with zero attached hydrogens (tertiary/aromatic N) is 1. The summed E-state index contributed by atoms with van der Waals surface area (Å²) in [6.07, 6.45) is 0.994. The molecule has 0 bridgehead atoms. The third kappa shape index (κ3) is 4.76. The van der Waals surface area contributed by atoms with Gasteiger partial charge in [0.25, 0.3) is 0 Å². The minimum Gasteiger partial charge on any atom is -0.493 e. The number of esters is 1. The van der Waals surface area contributed by atoms with E-state index in [0.717, 1.165) is 28.3 Å². The van der Waals surface area contributed by atoms with Gasteiger partial charge in [0.15, 0.2) is 0 Å². The molecule has 0 saturated heterocycles. The van der Waals surface area contributed by atoms with Gasteiger partial charge in [0.2, 0.25) is 5.89 Å². The smallest absolute Gasteiger partial charge is 0.310 e. The lowest BCUT2D eigenvalue weighted by Gasteiger charge is -2.10. The first kappa shape index (κ1) is 18.7. The number of aryl methyl sites for hydroxylation is 2. The van der Waals surface area contributed by atoms with Crippen molar-refractivity contribution in [3.05, 3.63) is 65.5 Å². The van der Waals surface area contributed by atoms with Crippen molar-refractivity contribution < 1.29 is 18.7 Å². The van der Waals surface area contributed by atoms with Gasteiger partial charge in [0.1, 0.15) is 17.3 Å². The van der Waals surface area contributed by atoms with E-state index in [2.05, 4.69) is 4.98 Å². The molecular weight excluding hydrogens is 342 g/mol. The summed E-state index contributed by atoms with van der Waals surface area (Å²) in [5.41, 5.74) is 2.71. The average Bonchev–Trinajstić information content (AvgIpc) is 3.05. The van der Waals surface area contributed by atoms with Crippen LogP contribution in [0.5, 0.6) is 11.5 Å². The van der Waals surface area contributed by atoms with E-state index in [4.69, 9.17) is 13.9 Å². The van der Waals surface area contributed by atoms with Crippen LogP contribution in [-0.4, -0.2) is 17.6 Å². The van der Waals surface area contributed by atoms with E-state index in [-0.39, 0.29) is 5.97 Å². The van der Waals surface area contributed by atoms with Crippen LogP contribution in [0.3, 0.4) is 0 Å². The molecule has 0 aliphatic carbocycles. The predicted octanol–water partition coefficient (Wildman–Crippen LogP) is 4.90. The first-order chi connectivity index (χ1) is 13.1. The van der Waals surface area contributed by atoms with Crippen LogP contribution < -0.4 is 9.47 Å². The number of carbonyl (C=O) groups is 1. The third-order valence-electron chi connectivity index (χ3n) is 4.18. The van der Waals surface area contributed by atoms with Crippen molar-refractivity contribution in [1.82, 2.24) is 4.98 Å². The van der Waals surface area contributed by atoms with Crippen LogP contribution >= 0.6 is 0 Å². The Labute approximate surface area is 159 Å². The molecule has 27 heavy (non-hydrogen) atoms. The number of carbonyl (C=O) groups excluding carboxylic acids is 1. The molecule has 0 radical (unpaired) electrons. The van der Waals surface area contributed by atoms with Gasteiger partial charge < -0.3 is 13.9 Å². The maximum absolute atomic E-state index is 11.4. The zero-order valence-corrected chi connectivity index (χ0v) is 15.8. The highest BCUT2D eigenvalue weighted by Crippen LogP contribution is 2.25. The normalized spacial score (nSPS) is 10.6. The Balaban J connectivity index is 1.59. The molecule has 1 aromatic heterocycles. The quantitative estimate of drug-likeness (QED) is 0.440. The van der Waals surface area contributed by atoms with Crippen molar-refractivity contribution >= 4 is 5.97 Å². The van der Waals surface area contributed by atoms with Gasteiger partial charge >= 0.3 is 5.97 Å². The first-order valence-electron chi connectivity index (χ1n) is 9.02. The fourth-order valence-electron chi connectivity index (χ4n) is 2.65. The second-order valence-corrected chi connectivity index (χ2v) is 6.24. The van der Waals surface area contributed by atoms with Gasteiger partial charge in [-0.05, 0) is 49.7 Å². The Kier molecular flexibility index (Phi) is 5.91. The Morgan fingerprint density at radius 2 is 1.89 bits per heavy atom. The highest BCUT2D eigenvalue weighted by atomic mass is 16.5. The number of aromatic nitrogens is 1. The molecule has 0 fully saturated rings. The monoisotopic (exact) mass is 365 g/mol. The maximum Gasteiger partial charge on any atom is 0.310 e. The Bertz CT molecular complexity index is 915. The van der Waals surface area contributed by atoms with Crippen molar-refractivity contribution in [1.29, 1.82) is 0 Å². The zero-order chi connectivity index (χ0) is 19.2. The second kappa shape index (κ2) is 8.54. The molecule has 2 aromatic carbocycles. The first-order valence-corrected chi connectivity index (χ1v) is 9.02. The van der Waals surface area contributed by atoms with Gasteiger partial charge in [-0.1, -0.05) is 25.1 Å². The number of ether oxygens (including phenoxy) is 2. The van der Waals surface area contributed by atoms with Crippen molar-refractivity contribution in [2.75, 3.05) is 6.61 Å². The van der Waals surface area contributed by atoms with Crippen LogP contribution in [0, 0.1) is 13.8 Å². The van der Waals surface area contributed by atoms with Gasteiger partial charge in [-0.15, -0.1) is 0 Å². The van der Waals surface area contributed by atoms with Crippen molar-refractivity contribution in [2.45, 2.75) is 33.6 Å². The van der Waals surface area contributed by atoms with Crippen molar-refractivity contribution in [3.63, 3.8) is 0 Å². The number of hydrogen-bond acceptors (Lipinski definition) is 5. The Hall–Kier alpha value is -3.08. The van der Waals surface area contributed by atoms with Crippen LogP contribution in [0.25, 0.3) is 11.5 Å². The van der Waals surface area contributed by atoms with E-state index in [1.807, 2.05) is 50.2 Å². The summed E-state index contributed by atoms with van der Waals surface area (Å²) in [4.78, 5) is 16.0. The summed E-state index contributed by atoms with van der Waals surface area (Å²) >= 11 is 0. The maximum atomic E-state index is 11.4. The summed E-state index contributed by atoms with van der Waals surface area (Å²) in [6.45, 7) is 6.05. The van der Waals surface area contributed by atoms with Crippen LogP contribution in [0.1, 0.15) is 30.4 Å². The molecule has 0 amide bonds. The molecular formula is C22H23NO4. The average molecular weight is 365 g/mol. The SMILES string of the molecule is CCC(=O)Oc1ccc(OCCc2nc(-c3ccccc3)oc2C)cc1C. The Morgan fingerprint density at radius 3 is 2.59 bits per heavy atom. The lowest BCUT2D eigenvalue weighted by atomic mass is 10.2. The van der Waals surface area contributed by atoms with Gasteiger partial charge in [-0.25, -0.2) is 4.98 Å². The van der Waals surface area contributed by atoms with Crippen LogP contribution in [0.15, 0.2) is 52.9 Å². The third-order valence-corrected chi connectivity index (χ3v) is 4.18. The zero-order valence-electron chi connectivity index (χ0n) is 15.8. The molecule has 0 spiro atoms. The number of benzene rings is 2. The minimum atomic E-state index is -0.248. The fourth-order valence-corrected chi connectivity index (χ4v) is 2.65. The molecule has 0 aliphatic heterocycles. The molecule has 140 valence electrons. The van der Waals surface area contributed by atoms with Gasteiger partial charge in [0, 0.05) is 18.4 Å². The molecule has 0 unspecified atom stereocenters. The van der Waals surface area contributed by atoms with E-state index >= 15 is 0 Å². The molecule has 0 atom stereocenters. The van der Waals surface area contributed by atoms with Crippen LogP contribution in [0.2, 0.25) is 0 Å². The van der Waals surface area contributed by atoms with E-state index in [1.165, 1.54) is 0 Å². The lowest BCUT2D eigenvalue weighted by molar-refractivity contribution is -0.134. The van der Waals surface area contributed by atoms with Gasteiger partial charge in [0.05, 0.1) is 12.3 Å². The van der Waals surface area contributed by atoms with E-state index in [1.54, 1.807) is 19.1 Å². The molecule has 5 heteroatoms. The number of hydrogen-bond donors (Lipinski definition) is 0. The molecule has 3 aromatic rings. The largest absolute Gasteiger partial charge is 0.493 e. The van der Waals surface area contributed by atoms with Crippen LogP contribution in [-0.2, 0) is 11.2 Å². The topological polar surface area (TPSA) is 61.6 Å². The molecule has 1 heterocycles. The number of oxazole rings is 1. The summed E-state index contributed by atoms with van der Waals surface area (Å²) in [5.74, 6) is 2.47. The molecule has 3 rings (SSSR count). The summed E-state index contributed by atoms with van der Waals surface area (Å²) < 4.78 is 16.9. The summed E-state index contributed by atoms with van der Waals surface area (Å²) in [7, 11) is 0. The van der Waals surface area contributed by atoms with Crippen LogP contribution in [0.4, 0.5) is 0 Å². The highest BCUT2D eigenvalue weighted by Gasteiger charge is 2.12. The highest BCUT2D eigenvalue weighted by molar-refractivity contribution is 5.72. The molecule has 0 saturated carbocycles. The van der Waals surface area contributed by atoms with E-state index in [0.29, 0.717) is 31.1 Å². The van der Waals surface area contributed by atoms with Crippen molar-refractivity contribution in [3.8, 4) is 23.0 Å². The standard InChI is InChI=1S/C22H23NO4/c1-4-21(24)27-20-11-10-18(14-15(20)2)25-13-12-19-16(3)26-22(23-19)17-8-6-5-7-9-17/h5-11,14H,4,12-13H2,1-3H3. The predicted molar refractivity (Wildman–Crippen MR) is 103 cm³/mol. The molecule has 0 N–H and O–H groups in total. The number of rotatable bonds is 7. The lowest BCUT2D eigenvalue weighted by Crippen LogP contribution is -2.07. The molecule has 0 aliphatic rings.